The molecule has 0 unspecified atom stereocenters. The van der Waals surface area contributed by atoms with Crippen molar-refractivity contribution in [3.63, 3.8) is 0 Å². The van der Waals surface area contributed by atoms with E-state index in [2.05, 4.69) is 15.3 Å². The van der Waals surface area contributed by atoms with Gasteiger partial charge in [0, 0.05) is 17.8 Å². The first-order valence-corrected chi connectivity index (χ1v) is 9.27. The maximum Gasteiger partial charge on any atom is 0.171 e. The Labute approximate surface area is 165 Å². The smallest absolute Gasteiger partial charge is 0.171 e. The van der Waals surface area contributed by atoms with E-state index in [1.54, 1.807) is 6.21 Å². The van der Waals surface area contributed by atoms with E-state index >= 15 is 0 Å². The number of hydrazone groups is 1. The molecular weight excluding hydrogens is 350 g/mol. The van der Waals surface area contributed by atoms with Crippen molar-refractivity contribution in [1.82, 2.24) is 10.2 Å². The van der Waals surface area contributed by atoms with Crippen LogP contribution in [0.5, 0.6) is 5.75 Å². The van der Waals surface area contributed by atoms with Gasteiger partial charge in [-0.05, 0) is 44.5 Å². The van der Waals surface area contributed by atoms with Gasteiger partial charge in [-0.2, -0.15) is 5.10 Å². The minimum atomic E-state index is 0.125. The van der Waals surface area contributed by atoms with E-state index in [1.807, 2.05) is 86.4 Å². The third-order valence-electron chi connectivity index (χ3n) is 4.18. The summed E-state index contributed by atoms with van der Waals surface area (Å²) in [7, 11) is 0. The maximum absolute atomic E-state index is 6.09. The van der Waals surface area contributed by atoms with Crippen LogP contribution >= 0.6 is 0 Å². The number of nitrogens with zero attached hydrogens (tertiary/aromatic N) is 4. The fraction of sp³-hybridized carbons (Fsp3) is 0.227. The maximum atomic E-state index is 6.09. The number of hydrogen-bond donors (Lipinski definition) is 1. The highest BCUT2D eigenvalue weighted by atomic mass is 16.5. The molecule has 6 heteroatoms. The number of para-hydroxylation sites is 1. The number of benzene rings is 2. The summed E-state index contributed by atoms with van der Waals surface area (Å²) in [6, 6.07) is 19.9. The molecule has 3 rings (SSSR count). The number of nitrogen functional groups attached to an aromatic ring is 1. The molecule has 3 aromatic rings. The van der Waals surface area contributed by atoms with Gasteiger partial charge in [0.05, 0.1) is 5.69 Å². The van der Waals surface area contributed by atoms with Crippen LogP contribution in [0.3, 0.4) is 0 Å². The zero-order valence-corrected chi connectivity index (χ0v) is 16.4. The molecule has 2 N–H and O–H groups in total. The van der Waals surface area contributed by atoms with Crippen LogP contribution in [0.2, 0.25) is 0 Å². The highest BCUT2D eigenvalue weighted by Crippen LogP contribution is 2.33. The van der Waals surface area contributed by atoms with Gasteiger partial charge < -0.3 is 10.5 Å². The highest BCUT2D eigenvalue weighted by molar-refractivity contribution is 5.74. The molecule has 0 bridgehead atoms. The average Bonchev–Trinajstić information content (AvgIpc) is 2.72. The lowest BCUT2D eigenvalue weighted by Crippen LogP contribution is -2.26. The molecule has 0 atom stereocenters. The van der Waals surface area contributed by atoms with E-state index in [9.17, 15) is 0 Å². The Morgan fingerprint density at radius 1 is 1.07 bits per heavy atom. The van der Waals surface area contributed by atoms with E-state index in [-0.39, 0.29) is 6.04 Å². The van der Waals surface area contributed by atoms with Crippen LogP contribution in [0.25, 0.3) is 11.3 Å². The largest absolute Gasteiger partial charge is 0.488 e. The quantitative estimate of drug-likeness (QED) is 0.485. The van der Waals surface area contributed by atoms with E-state index in [0.29, 0.717) is 18.1 Å². The molecule has 1 aromatic heterocycles. The Morgan fingerprint density at radius 2 is 1.79 bits per heavy atom. The van der Waals surface area contributed by atoms with Crippen LogP contribution in [-0.2, 0) is 6.61 Å². The van der Waals surface area contributed by atoms with Crippen molar-refractivity contribution in [1.29, 1.82) is 0 Å². The molecule has 2 aromatic carbocycles. The van der Waals surface area contributed by atoms with Crippen molar-refractivity contribution in [2.45, 2.75) is 33.4 Å². The zero-order valence-electron chi connectivity index (χ0n) is 16.4. The van der Waals surface area contributed by atoms with Gasteiger partial charge in [0.2, 0.25) is 0 Å². The first-order valence-electron chi connectivity index (χ1n) is 9.27. The fourth-order valence-electron chi connectivity index (χ4n) is 2.84. The third-order valence-corrected chi connectivity index (χ3v) is 4.18. The summed E-state index contributed by atoms with van der Waals surface area (Å²) in [5.74, 6) is 1.08. The van der Waals surface area contributed by atoms with Gasteiger partial charge in [0.15, 0.2) is 5.82 Å². The van der Waals surface area contributed by atoms with Crippen molar-refractivity contribution in [3.8, 4) is 17.0 Å². The molecular formula is C22H25N5O. The number of hydrogen-bond acceptors (Lipinski definition) is 6. The molecule has 1 heterocycles. The Morgan fingerprint density at radius 3 is 2.50 bits per heavy atom. The molecule has 6 nitrogen and oxygen atoms in total. The van der Waals surface area contributed by atoms with Gasteiger partial charge >= 0.3 is 0 Å². The molecule has 0 saturated heterocycles. The number of nitrogens with two attached hydrogens (primary N) is 1. The van der Waals surface area contributed by atoms with Crippen molar-refractivity contribution in [2.75, 3.05) is 10.7 Å². The summed E-state index contributed by atoms with van der Waals surface area (Å²) < 4.78 is 6.06. The Hall–Kier alpha value is -3.41. The summed E-state index contributed by atoms with van der Waals surface area (Å²) in [5, 5.41) is 14.7. The van der Waals surface area contributed by atoms with Crippen LogP contribution in [0, 0.1) is 0 Å². The Bertz CT molecular complexity index is 941. The molecule has 28 heavy (non-hydrogen) atoms. The van der Waals surface area contributed by atoms with E-state index in [0.717, 1.165) is 22.6 Å². The molecule has 0 fully saturated rings. The lowest BCUT2D eigenvalue weighted by Gasteiger charge is -2.24. The SMILES string of the molecule is C/C=N\N(c1cc(-c2ccccc2OCc2ccccc2)nnc1N)C(C)C. The van der Waals surface area contributed by atoms with Gasteiger partial charge in [-0.15, -0.1) is 10.2 Å². The summed E-state index contributed by atoms with van der Waals surface area (Å²) in [6.45, 7) is 6.44. The van der Waals surface area contributed by atoms with Crippen molar-refractivity contribution >= 4 is 17.7 Å². The van der Waals surface area contributed by atoms with Crippen molar-refractivity contribution in [3.05, 3.63) is 66.2 Å². The number of ether oxygens (including phenoxy) is 1. The predicted molar refractivity (Wildman–Crippen MR) is 114 cm³/mol. The number of anilines is 2. The van der Waals surface area contributed by atoms with Crippen LogP contribution < -0.4 is 15.5 Å². The number of rotatable bonds is 7. The summed E-state index contributed by atoms with van der Waals surface area (Å²) >= 11 is 0. The molecule has 0 aliphatic carbocycles. The Balaban J connectivity index is 1.94. The molecule has 0 aliphatic rings. The molecule has 144 valence electrons. The molecule has 0 aliphatic heterocycles. The second-order valence-corrected chi connectivity index (χ2v) is 6.58. The van der Waals surface area contributed by atoms with Crippen LogP contribution in [-0.4, -0.2) is 22.5 Å². The van der Waals surface area contributed by atoms with Crippen molar-refractivity contribution < 1.29 is 4.74 Å². The predicted octanol–water partition coefficient (Wildman–Crippen LogP) is 4.53. The lowest BCUT2D eigenvalue weighted by atomic mass is 10.1. The standard InChI is InChI=1S/C22H25N5O/c1-4-24-27(16(2)3)20-14-19(25-26-22(20)23)18-12-8-9-13-21(18)28-15-17-10-6-5-7-11-17/h4-14,16H,15H2,1-3H3,(H2,23,26)/b24-4-. The molecule has 0 spiro atoms. The number of aromatic nitrogens is 2. The summed E-state index contributed by atoms with van der Waals surface area (Å²) in [6.07, 6.45) is 1.73. The minimum absolute atomic E-state index is 0.125. The summed E-state index contributed by atoms with van der Waals surface area (Å²) in [5.41, 5.74) is 9.45. The van der Waals surface area contributed by atoms with Gasteiger partial charge in [-0.3, -0.25) is 5.01 Å². The van der Waals surface area contributed by atoms with E-state index < -0.39 is 0 Å². The highest BCUT2D eigenvalue weighted by Gasteiger charge is 2.17. The lowest BCUT2D eigenvalue weighted by molar-refractivity contribution is 0.307. The molecule has 0 amide bonds. The second-order valence-electron chi connectivity index (χ2n) is 6.58. The van der Waals surface area contributed by atoms with Gasteiger partial charge in [-0.25, -0.2) is 0 Å². The molecule has 0 radical (unpaired) electrons. The fourth-order valence-corrected chi connectivity index (χ4v) is 2.84. The third kappa shape index (κ3) is 4.46. The zero-order chi connectivity index (χ0) is 19.9. The topological polar surface area (TPSA) is 76.6 Å². The van der Waals surface area contributed by atoms with E-state index in [1.165, 1.54) is 0 Å². The van der Waals surface area contributed by atoms with Crippen molar-refractivity contribution in [2.24, 2.45) is 5.10 Å². The summed E-state index contributed by atoms with van der Waals surface area (Å²) in [4.78, 5) is 0. The van der Waals surface area contributed by atoms with Gasteiger partial charge in [0.1, 0.15) is 18.0 Å². The second kappa shape index (κ2) is 8.99. The molecule has 0 saturated carbocycles. The Kier molecular flexibility index (Phi) is 6.22. The van der Waals surface area contributed by atoms with Crippen LogP contribution in [0.4, 0.5) is 11.5 Å². The van der Waals surface area contributed by atoms with E-state index in [4.69, 9.17) is 10.5 Å². The normalized spacial score (nSPS) is 11.1. The first-order chi connectivity index (χ1) is 13.6. The van der Waals surface area contributed by atoms with Gasteiger partial charge in [-0.1, -0.05) is 42.5 Å². The minimum Gasteiger partial charge on any atom is -0.488 e. The van der Waals surface area contributed by atoms with Crippen LogP contribution in [0.1, 0.15) is 26.3 Å². The monoisotopic (exact) mass is 375 g/mol. The van der Waals surface area contributed by atoms with Gasteiger partial charge in [0.25, 0.3) is 0 Å². The first kappa shape index (κ1) is 19.4. The average molecular weight is 375 g/mol. The van der Waals surface area contributed by atoms with Crippen LogP contribution in [0.15, 0.2) is 65.8 Å².